The van der Waals surface area contributed by atoms with Crippen LogP contribution in [0.1, 0.15) is 16.2 Å². The summed E-state index contributed by atoms with van der Waals surface area (Å²) in [5.74, 6) is -0.236. The molecule has 0 saturated carbocycles. The molecule has 0 aromatic carbocycles. The van der Waals surface area contributed by atoms with Gasteiger partial charge in [-0.15, -0.1) is 10.2 Å². The second kappa shape index (κ2) is 5.74. The van der Waals surface area contributed by atoms with E-state index >= 15 is 0 Å². The molecule has 0 aliphatic heterocycles. The highest BCUT2D eigenvalue weighted by molar-refractivity contribution is 7.17. The Morgan fingerprint density at radius 1 is 1.53 bits per heavy atom. The summed E-state index contributed by atoms with van der Waals surface area (Å²) in [7, 11) is 0. The number of imidazole rings is 1. The van der Waals surface area contributed by atoms with Crippen molar-refractivity contribution >= 4 is 28.8 Å². The molecule has 2 rings (SSSR count). The summed E-state index contributed by atoms with van der Waals surface area (Å²) >= 11 is 6.66. The van der Waals surface area contributed by atoms with Gasteiger partial charge >= 0.3 is 0 Å². The van der Waals surface area contributed by atoms with E-state index in [4.69, 9.17) is 11.6 Å². The van der Waals surface area contributed by atoms with E-state index in [-0.39, 0.29) is 15.4 Å². The third-order valence-corrected chi connectivity index (χ3v) is 3.05. The minimum atomic E-state index is -0.236. The molecule has 2 aromatic rings. The largest absolute Gasteiger partial charge is 0.350 e. The molecule has 6 nitrogen and oxygen atoms in total. The van der Waals surface area contributed by atoms with Crippen LogP contribution in [-0.4, -0.2) is 32.2 Å². The van der Waals surface area contributed by atoms with Gasteiger partial charge in [-0.1, -0.05) is 11.3 Å². The summed E-state index contributed by atoms with van der Waals surface area (Å²) in [6.45, 7) is 1.39. The zero-order valence-electron chi connectivity index (χ0n) is 8.84. The van der Waals surface area contributed by atoms with Gasteiger partial charge in [-0.05, 0) is 18.0 Å². The molecule has 0 bridgehead atoms. The number of halogens is 1. The SMILES string of the molecule is O=C(NCCCn1ccnc1)c1nnc(Cl)s1. The van der Waals surface area contributed by atoms with Gasteiger partial charge in [0, 0.05) is 25.5 Å². The Hall–Kier alpha value is -1.47. The summed E-state index contributed by atoms with van der Waals surface area (Å²) in [5.41, 5.74) is 0. The quantitative estimate of drug-likeness (QED) is 0.830. The zero-order chi connectivity index (χ0) is 12.1. The number of carbonyl (C=O) groups excluding carboxylic acids is 1. The zero-order valence-corrected chi connectivity index (χ0v) is 10.4. The maximum Gasteiger partial charge on any atom is 0.282 e. The normalized spacial score (nSPS) is 10.4. The number of nitrogens with one attached hydrogen (secondary N) is 1. The first kappa shape index (κ1) is 12.0. The van der Waals surface area contributed by atoms with E-state index < -0.39 is 0 Å². The summed E-state index contributed by atoms with van der Waals surface area (Å²) in [5, 5.41) is 10.3. The van der Waals surface area contributed by atoms with Crippen LogP contribution in [0.3, 0.4) is 0 Å². The van der Waals surface area contributed by atoms with E-state index in [1.807, 2.05) is 10.8 Å². The number of aryl methyl sites for hydroxylation is 1. The lowest BCUT2D eigenvalue weighted by Gasteiger charge is -2.03. The van der Waals surface area contributed by atoms with Gasteiger partial charge in [0.1, 0.15) is 0 Å². The third-order valence-electron chi connectivity index (χ3n) is 2.03. The van der Waals surface area contributed by atoms with Crippen LogP contribution >= 0.6 is 22.9 Å². The van der Waals surface area contributed by atoms with Crippen LogP contribution < -0.4 is 5.32 Å². The molecule has 2 aromatic heterocycles. The van der Waals surface area contributed by atoms with Gasteiger partial charge < -0.3 is 9.88 Å². The van der Waals surface area contributed by atoms with Crippen molar-refractivity contribution in [2.75, 3.05) is 6.54 Å². The molecule has 90 valence electrons. The lowest BCUT2D eigenvalue weighted by molar-refractivity contribution is 0.0951. The Labute approximate surface area is 107 Å². The molecule has 1 amide bonds. The highest BCUT2D eigenvalue weighted by Gasteiger charge is 2.10. The van der Waals surface area contributed by atoms with Crippen LogP contribution in [0, 0.1) is 0 Å². The molecule has 2 heterocycles. The van der Waals surface area contributed by atoms with Gasteiger partial charge in [0.15, 0.2) is 0 Å². The number of nitrogens with zero attached hydrogens (tertiary/aromatic N) is 4. The summed E-state index contributed by atoms with van der Waals surface area (Å²) in [4.78, 5) is 15.5. The Kier molecular flexibility index (Phi) is 4.05. The summed E-state index contributed by atoms with van der Waals surface area (Å²) < 4.78 is 2.22. The first-order valence-corrected chi connectivity index (χ1v) is 6.18. The fourth-order valence-electron chi connectivity index (χ4n) is 1.26. The number of hydrogen-bond acceptors (Lipinski definition) is 5. The molecule has 0 aliphatic rings. The molecule has 0 aliphatic carbocycles. The van der Waals surface area contributed by atoms with Crippen LogP contribution in [0.5, 0.6) is 0 Å². The van der Waals surface area contributed by atoms with E-state index in [9.17, 15) is 4.79 Å². The first-order valence-electron chi connectivity index (χ1n) is 4.98. The Bertz CT molecular complexity index is 483. The fourth-order valence-corrected chi connectivity index (χ4v) is 2.00. The van der Waals surface area contributed by atoms with Gasteiger partial charge in [0.2, 0.25) is 9.47 Å². The van der Waals surface area contributed by atoms with Crippen LogP contribution in [0.2, 0.25) is 4.47 Å². The molecule has 0 unspecified atom stereocenters. The highest BCUT2D eigenvalue weighted by Crippen LogP contribution is 2.14. The molecule has 0 radical (unpaired) electrons. The molecule has 1 N–H and O–H groups in total. The van der Waals surface area contributed by atoms with E-state index in [1.165, 1.54) is 0 Å². The molecular formula is C9H10ClN5OS. The van der Waals surface area contributed by atoms with Crippen molar-refractivity contribution in [1.82, 2.24) is 25.1 Å². The average Bonchev–Trinajstić information content (AvgIpc) is 2.95. The van der Waals surface area contributed by atoms with Gasteiger partial charge in [-0.2, -0.15) is 0 Å². The first-order chi connectivity index (χ1) is 8.25. The topological polar surface area (TPSA) is 72.7 Å². The third kappa shape index (κ3) is 3.50. The van der Waals surface area contributed by atoms with Crippen molar-refractivity contribution in [3.63, 3.8) is 0 Å². The molecular weight excluding hydrogens is 262 g/mol. The number of hydrogen-bond donors (Lipinski definition) is 1. The Balaban J connectivity index is 1.70. The van der Waals surface area contributed by atoms with Gasteiger partial charge in [-0.25, -0.2) is 4.98 Å². The van der Waals surface area contributed by atoms with Crippen LogP contribution in [0.4, 0.5) is 0 Å². The van der Waals surface area contributed by atoms with Gasteiger partial charge in [0.25, 0.3) is 5.91 Å². The van der Waals surface area contributed by atoms with Gasteiger partial charge in [0.05, 0.1) is 6.33 Å². The Morgan fingerprint density at radius 2 is 2.41 bits per heavy atom. The predicted octanol–water partition coefficient (Wildman–Crippen LogP) is 1.21. The van der Waals surface area contributed by atoms with Crippen molar-refractivity contribution in [1.29, 1.82) is 0 Å². The van der Waals surface area contributed by atoms with Crippen molar-refractivity contribution in [3.8, 4) is 0 Å². The molecule has 17 heavy (non-hydrogen) atoms. The molecule has 0 atom stereocenters. The van der Waals surface area contributed by atoms with Crippen molar-refractivity contribution in [2.45, 2.75) is 13.0 Å². The van der Waals surface area contributed by atoms with E-state index in [0.29, 0.717) is 6.54 Å². The number of rotatable bonds is 5. The molecule has 0 fully saturated rings. The number of aromatic nitrogens is 4. The standard InChI is InChI=1S/C9H10ClN5OS/c10-9-14-13-8(17-9)7(16)12-2-1-4-15-5-3-11-6-15/h3,5-6H,1-2,4H2,(H,12,16). The minimum Gasteiger partial charge on any atom is -0.350 e. The predicted molar refractivity (Wildman–Crippen MR) is 64.1 cm³/mol. The van der Waals surface area contributed by atoms with Crippen LogP contribution in [0.15, 0.2) is 18.7 Å². The average molecular weight is 272 g/mol. The van der Waals surface area contributed by atoms with E-state index in [1.54, 1.807) is 12.5 Å². The summed E-state index contributed by atoms with van der Waals surface area (Å²) in [6.07, 6.45) is 6.18. The lowest BCUT2D eigenvalue weighted by Crippen LogP contribution is -2.25. The minimum absolute atomic E-state index is 0.236. The maximum absolute atomic E-state index is 11.5. The summed E-state index contributed by atoms with van der Waals surface area (Å²) in [6, 6.07) is 0. The van der Waals surface area contributed by atoms with Crippen LogP contribution in [-0.2, 0) is 6.54 Å². The second-order valence-electron chi connectivity index (χ2n) is 3.27. The molecule has 8 heteroatoms. The maximum atomic E-state index is 11.5. The lowest BCUT2D eigenvalue weighted by atomic mass is 10.4. The van der Waals surface area contributed by atoms with Crippen molar-refractivity contribution in [2.24, 2.45) is 0 Å². The molecule has 0 spiro atoms. The van der Waals surface area contributed by atoms with E-state index in [0.717, 1.165) is 24.3 Å². The fraction of sp³-hybridized carbons (Fsp3) is 0.333. The van der Waals surface area contributed by atoms with Crippen LogP contribution in [0.25, 0.3) is 0 Å². The Morgan fingerprint density at radius 3 is 3.06 bits per heavy atom. The van der Waals surface area contributed by atoms with E-state index in [2.05, 4.69) is 20.5 Å². The van der Waals surface area contributed by atoms with Crippen molar-refractivity contribution in [3.05, 3.63) is 28.2 Å². The smallest absolute Gasteiger partial charge is 0.282 e. The van der Waals surface area contributed by atoms with Crippen molar-refractivity contribution < 1.29 is 4.79 Å². The molecule has 0 saturated heterocycles. The highest BCUT2D eigenvalue weighted by atomic mass is 35.5. The van der Waals surface area contributed by atoms with Gasteiger partial charge in [-0.3, -0.25) is 4.79 Å². The number of amides is 1. The monoisotopic (exact) mass is 271 g/mol. The second-order valence-corrected chi connectivity index (χ2v) is 4.83. The number of carbonyl (C=O) groups is 1.